The first kappa shape index (κ1) is 14.8. The molecule has 3 rings (SSSR count). The molecule has 1 spiro atoms. The van der Waals surface area contributed by atoms with Gasteiger partial charge in [0.1, 0.15) is 5.75 Å². The fraction of sp³-hybridized carbons (Fsp3) is 0.647. The van der Waals surface area contributed by atoms with Crippen molar-refractivity contribution in [1.82, 2.24) is 0 Å². The second-order valence-corrected chi connectivity index (χ2v) is 6.11. The normalized spacial score (nSPS) is 26.5. The van der Waals surface area contributed by atoms with Crippen LogP contribution >= 0.6 is 0 Å². The predicted molar refractivity (Wildman–Crippen MR) is 79.4 cm³/mol. The van der Waals surface area contributed by atoms with Gasteiger partial charge in [-0.3, -0.25) is 0 Å². The summed E-state index contributed by atoms with van der Waals surface area (Å²) in [5.41, 5.74) is 0.888. The highest BCUT2D eigenvalue weighted by Gasteiger charge is 2.41. The Kier molecular flexibility index (Phi) is 4.48. The lowest BCUT2D eigenvalue weighted by atomic mass is 9.77. The maximum Gasteiger partial charge on any atom is 0.118 e. The molecule has 0 aliphatic carbocycles. The van der Waals surface area contributed by atoms with Crippen LogP contribution in [-0.2, 0) is 9.47 Å². The Bertz CT molecular complexity index is 445. The van der Waals surface area contributed by atoms with E-state index in [9.17, 15) is 5.11 Å². The highest BCUT2D eigenvalue weighted by Crippen LogP contribution is 2.41. The summed E-state index contributed by atoms with van der Waals surface area (Å²) in [6, 6.07) is 7.72. The van der Waals surface area contributed by atoms with Crippen LogP contribution < -0.4 is 4.74 Å². The van der Waals surface area contributed by atoms with Crippen molar-refractivity contribution >= 4 is 0 Å². The molecule has 0 aromatic heterocycles. The number of hydrogen-bond donors (Lipinski definition) is 1. The molecule has 4 heteroatoms. The van der Waals surface area contributed by atoms with Crippen molar-refractivity contribution < 1.29 is 19.3 Å². The highest BCUT2D eigenvalue weighted by molar-refractivity contribution is 5.28. The Labute approximate surface area is 126 Å². The van der Waals surface area contributed by atoms with Crippen LogP contribution in [0.25, 0.3) is 0 Å². The summed E-state index contributed by atoms with van der Waals surface area (Å²) in [6.45, 7) is 2.27. The van der Waals surface area contributed by atoms with Crippen LogP contribution in [0.3, 0.4) is 0 Å². The number of methoxy groups -OCH3 is 1. The number of ether oxygens (including phenoxy) is 3. The zero-order valence-corrected chi connectivity index (χ0v) is 12.6. The maximum atomic E-state index is 10.7. The van der Waals surface area contributed by atoms with Gasteiger partial charge in [0.2, 0.25) is 0 Å². The number of aliphatic hydroxyl groups is 1. The van der Waals surface area contributed by atoms with Crippen molar-refractivity contribution in [2.45, 2.75) is 37.4 Å². The average Bonchev–Trinajstić information content (AvgIpc) is 2.55. The molecule has 4 nitrogen and oxygen atoms in total. The molecule has 2 fully saturated rings. The van der Waals surface area contributed by atoms with Gasteiger partial charge in [-0.2, -0.15) is 0 Å². The topological polar surface area (TPSA) is 47.9 Å². The van der Waals surface area contributed by atoms with Crippen molar-refractivity contribution in [3.8, 4) is 5.75 Å². The van der Waals surface area contributed by atoms with Crippen molar-refractivity contribution in [2.75, 3.05) is 26.9 Å². The molecule has 2 atom stereocenters. The predicted octanol–water partition coefficient (Wildman–Crippen LogP) is 2.70. The largest absolute Gasteiger partial charge is 0.497 e. The summed E-state index contributed by atoms with van der Waals surface area (Å²) in [4.78, 5) is 0. The van der Waals surface area contributed by atoms with Gasteiger partial charge in [0.05, 0.1) is 18.8 Å². The van der Waals surface area contributed by atoms with Gasteiger partial charge in [0, 0.05) is 19.8 Å². The van der Waals surface area contributed by atoms with E-state index in [4.69, 9.17) is 14.2 Å². The quantitative estimate of drug-likeness (QED) is 0.930. The van der Waals surface area contributed by atoms with Crippen LogP contribution in [0.2, 0.25) is 0 Å². The Morgan fingerprint density at radius 1 is 1.19 bits per heavy atom. The van der Waals surface area contributed by atoms with Gasteiger partial charge in [-0.25, -0.2) is 0 Å². The molecule has 0 amide bonds. The van der Waals surface area contributed by atoms with Crippen LogP contribution in [0.5, 0.6) is 5.75 Å². The van der Waals surface area contributed by atoms with Gasteiger partial charge in [0.25, 0.3) is 0 Å². The van der Waals surface area contributed by atoms with Crippen LogP contribution in [-0.4, -0.2) is 37.6 Å². The van der Waals surface area contributed by atoms with Gasteiger partial charge < -0.3 is 19.3 Å². The summed E-state index contributed by atoms with van der Waals surface area (Å²) in [5, 5.41) is 10.7. The Morgan fingerprint density at radius 3 is 2.57 bits per heavy atom. The molecule has 2 unspecified atom stereocenters. The molecular weight excluding hydrogens is 268 g/mol. The molecule has 0 saturated carbocycles. The van der Waals surface area contributed by atoms with Crippen LogP contribution in [0.15, 0.2) is 24.3 Å². The second-order valence-electron chi connectivity index (χ2n) is 6.11. The summed E-state index contributed by atoms with van der Waals surface area (Å²) in [6.07, 6.45) is 3.29. The lowest BCUT2D eigenvalue weighted by molar-refractivity contribution is -0.159. The van der Waals surface area contributed by atoms with Crippen molar-refractivity contribution in [1.29, 1.82) is 0 Å². The third kappa shape index (κ3) is 3.23. The first-order chi connectivity index (χ1) is 10.2. The SMILES string of the molecule is COc1ccc(C(O)C2CCOC3(CCOCC3)C2)cc1. The smallest absolute Gasteiger partial charge is 0.118 e. The zero-order valence-electron chi connectivity index (χ0n) is 12.6. The summed E-state index contributed by atoms with van der Waals surface area (Å²) in [7, 11) is 1.65. The zero-order chi connectivity index (χ0) is 14.7. The van der Waals surface area contributed by atoms with E-state index >= 15 is 0 Å². The molecule has 2 aliphatic heterocycles. The maximum absolute atomic E-state index is 10.7. The molecule has 2 saturated heterocycles. The molecule has 1 aromatic carbocycles. The third-order valence-corrected chi connectivity index (χ3v) is 4.84. The van der Waals surface area contributed by atoms with Crippen molar-refractivity contribution in [3.63, 3.8) is 0 Å². The van der Waals surface area contributed by atoms with E-state index in [0.717, 1.165) is 56.8 Å². The minimum atomic E-state index is -0.431. The molecule has 0 radical (unpaired) electrons. The van der Waals surface area contributed by atoms with E-state index in [1.165, 1.54) is 0 Å². The van der Waals surface area contributed by atoms with E-state index in [1.54, 1.807) is 7.11 Å². The number of benzene rings is 1. The summed E-state index contributed by atoms with van der Waals surface area (Å²) >= 11 is 0. The molecular formula is C17H24O4. The Hall–Kier alpha value is -1.10. The molecule has 2 aliphatic rings. The first-order valence-electron chi connectivity index (χ1n) is 7.76. The van der Waals surface area contributed by atoms with E-state index < -0.39 is 6.10 Å². The molecule has 21 heavy (non-hydrogen) atoms. The van der Waals surface area contributed by atoms with Crippen molar-refractivity contribution in [3.05, 3.63) is 29.8 Å². The second kappa shape index (κ2) is 6.34. The van der Waals surface area contributed by atoms with Gasteiger partial charge in [0.15, 0.2) is 0 Å². The van der Waals surface area contributed by atoms with Gasteiger partial charge in [-0.1, -0.05) is 12.1 Å². The molecule has 1 N–H and O–H groups in total. The fourth-order valence-corrected chi connectivity index (χ4v) is 3.50. The minimum absolute atomic E-state index is 0.0748. The van der Waals surface area contributed by atoms with Crippen LogP contribution in [0, 0.1) is 5.92 Å². The fourth-order valence-electron chi connectivity index (χ4n) is 3.50. The minimum Gasteiger partial charge on any atom is -0.497 e. The van der Waals surface area contributed by atoms with Crippen LogP contribution in [0.4, 0.5) is 0 Å². The lowest BCUT2D eigenvalue weighted by Gasteiger charge is -2.44. The average molecular weight is 292 g/mol. The van der Waals surface area contributed by atoms with E-state index in [0.29, 0.717) is 0 Å². The van der Waals surface area contributed by atoms with E-state index in [2.05, 4.69) is 0 Å². The molecule has 1 aromatic rings. The number of aliphatic hydroxyl groups excluding tert-OH is 1. The van der Waals surface area contributed by atoms with Crippen LogP contribution in [0.1, 0.15) is 37.4 Å². The number of hydrogen-bond acceptors (Lipinski definition) is 4. The third-order valence-electron chi connectivity index (χ3n) is 4.84. The monoisotopic (exact) mass is 292 g/mol. The molecule has 116 valence electrons. The lowest BCUT2D eigenvalue weighted by Crippen LogP contribution is -2.45. The number of rotatable bonds is 3. The van der Waals surface area contributed by atoms with E-state index in [1.807, 2.05) is 24.3 Å². The highest BCUT2D eigenvalue weighted by atomic mass is 16.5. The Balaban J connectivity index is 1.69. The standard InChI is InChI=1S/C17H24O4/c1-19-15-4-2-13(3-5-15)16(18)14-6-9-21-17(12-14)7-10-20-11-8-17/h2-5,14,16,18H,6-12H2,1H3. The summed E-state index contributed by atoms with van der Waals surface area (Å²) in [5.74, 6) is 1.07. The molecule has 0 bridgehead atoms. The van der Waals surface area contributed by atoms with Crippen molar-refractivity contribution in [2.24, 2.45) is 5.92 Å². The molecule has 2 heterocycles. The Morgan fingerprint density at radius 2 is 1.90 bits per heavy atom. The van der Waals surface area contributed by atoms with Gasteiger partial charge in [-0.05, 0) is 49.3 Å². The first-order valence-corrected chi connectivity index (χ1v) is 7.76. The van der Waals surface area contributed by atoms with Gasteiger partial charge >= 0.3 is 0 Å². The van der Waals surface area contributed by atoms with Gasteiger partial charge in [-0.15, -0.1) is 0 Å². The summed E-state index contributed by atoms with van der Waals surface area (Å²) < 4.78 is 16.7. The van der Waals surface area contributed by atoms with E-state index in [-0.39, 0.29) is 11.5 Å².